The summed E-state index contributed by atoms with van der Waals surface area (Å²) in [5, 5.41) is 6.96. The van der Waals surface area contributed by atoms with Crippen LogP contribution >= 0.6 is 15.9 Å². The monoisotopic (exact) mass is 532 g/mol. The van der Waals surface area contributed by atoms with Gasteiger partial charge in [0.05, 0.1) is 21.5 Å². The van der Waals surface area contributed by atoms with E-state index in [2.05, 4.69) is 26.3 Å². The molecular formula is C21H18BrF5N4O2. The number of hydrogen-bond acceptors (Lipinski definition) is 4. The van der Waals surface area contributed by atoms with Gasteiger partial charge in [-0.25, -0.2) is 26.6 Å². The third-order valence-electron chi connectivity index (χ3n) is 5.93. The minimum Gasteiger partial charge on any atom is -0.361 e. The highest BCUT2D eigenvalue weighted by Crippen LogP contribution is 2.48. The van der Waals surface area contributed by atoms with Crippen molar-refractivity contribution < 1.29 is 22.0 Å². The number of anilines is 1. The minimum absolute atomic E-state index is 0.000895. The summed E-state index contributed by atoms with van der Waals surface area (Å²) in [7, 11) is 1.33. The van der Waals surface area contributed by atoms with E-state index in [1.165, 1.54) is 26.1 Å². The normalized spacial score (nSPS) is 15.9. The van der Waals surface area contributed by atoms with E-state index in [-0.39, 0.29) is 39.5 Å². The van der Waals surface area contributed by atoms with Crippen LogP contribution in [0.15, 0.2) is 38.5 Å². The van der Waals surface area contributed by atoms with Crippen LogP contribution in [0.1, 0.15) is 43.4 Å². The third kappa shape index (κ3) is 3.73. The van der Waals surface area contributed by atoms with Crippen LogP contribution in [0.4, 0.5) is 27.8 Å². The Balaban J connectivity index is 1.89. The first-order chi connectivity index (χ1) is 15.5. The smallest absolute Gasteiger partial charge is 0.275 e. The summed E-state index contributed by atoms with van der Waals surface area (Å²) in [6, 6.07) is 2.70. The molecule has 12 heteroatoms. The largest absolute Gasteiger partial charge is 0.361 e. The van der Waals surface area contributed by atoms with Crippen molar-refractivity contribution in [2.24, 2.45) is 7.05 Å². The number of alkyl halides is 4. The quantitative estimate of drug-likeness (QED) is 0.460. The lowest BCUT2D eigenvalue weighted by atomic mass is 10.0. The van der Waals surface area contributed by atoms with Gasteiger partial charge in [0.2, 0.25) is 0 Å². The first-order valence-electron chi connectivity index (χ1n) is 9.93. The van der Waals surface area contributed by atoms with Gasteiger partial charge in [0, 0.05) is 24.2 Å². The SMILES string of the molecule is C[C@@H](Nc1nn(C)c(=O)c2c(Br)c(=O)n(C3(C(F)F)CC3)cc12)c1cccc(C(F)F)c1F. The molecule has 6 nitrogen and oxygen atoms in total. The average Bonchev–Trinajstić information content (AvgIpc) is 3.55. The van der Waals surface area contributed by atoms with Crippen LogP contribution < -0.4 is 16.4 Å². The Labute approximate surface area is 192 Å². The standard InChI is InChI=1S/C21H18BrF5N4O2/c1-9(10-4-3-5-11(15(10)23)16(24)25)28-17-12-8-31(21(6-7-21)20(26)27)19(33)14(22)13(12)18(32)30(2)29-17/h3-5,8-9,16,20H,6-7H2,1-2H3,(H,28,29)/t9-/m1/s1. The van der Waals surface area contributed by atoms with Crippen molar-refractivity contribution in [1.82, 2.24) is 14.3 Å². The Kier molecular flexibility index (Phi) is 5.83. The molecule has 0 unspecified atom stereocenters. The molecule has 1 aliphatic carbocycles. The lowest BCUT2D eigenvalue weighted by molar-refractivity contribution is 0.0653. The summed E-state index contributed by atoms with van der Waals surface area (Å²) >= 11 is 3.08. The number of fused-ring (bicyclic) bond motifs is 1. The molecule has 3 aromatic rings. The van der Waals surface area contributed by atoms with Gasteiger partial charge in [-0.05, 0) is 35.7 Å². The van der Waals surface area contributed by atoms with Gasteiger partial charge in [0.1, 0.15) is 11.4 Å². The number of halogens is 6. The Morgan fingerprint density at radius 1 is 1.12 bits per heavy atom. The molecule has 0 amide bonds. The molecule has 1 aliphatic rings. The summed E-state index contributed by atoms with van der Waals surface area (Å²) in [5.74, 6) is -1.09. The van der Waals surface area contributed by atoms with Crippen LogP contribution in [0, 0.1) is 5.82 Å². The molecule has 1 saturated carbocycles. The van der Waals surface area contributed by atoms with Crippen molar-refractivity contribution in [1.29, 1.82) is 0 Å². The number of benzene rings is 1. The van der Waals surface area contributed by atoms with Crippen LogP contribution in [-0.4, -0.2) is 20.8 Å². The van der Waals surface area contributed by atoms with Gasteiger partial charge in [-0.2, -0.15) is 5.10 Å². The zero-order chi connectivity index (χ0) is 24.2. The van der Waals surface area contributed by atoms with Gasteiger partial charge >= 0.3 is 0 Å². The second kappa shape index (κ2) is 8.23. The third-order valence-corrected chi connectivity index (χ3v) is 6.66. The van der Waals surface area contributed by atoms with Crippen molar-refractivity contribution >= 4 is 32.5 Å². The van der Waals surface area contributed by atoms with E-state index in [1.54, 1.807) is 0 Å². The van der Waals surface area contributed by atoms with E-state index >= 15 is 0 Å². The van der Waals surface area contributed by atoms with E-state index in [0.29, 0.717) is 0 Å². The highest BCUT2D eigenvalue weighted by Gasteiger charge is 2.53. The maximum atomic E-state index is 14.6. The van der Waals surface area contributed by atoms with E-state index in [1.807, 2.05) is 0 Å². The maximum Gasteiger partial charge on any atom is 0.275 e. The van der Waals surface area contributed by atoms with Crippen molar-refractivity contribution in [3.63, 3.8) is 0 Å². The Morgan fingerprint density at radius 2 is 1.76 bits per heavy atom. The van der Waals surface area contributed by atoms with Crippen LogP contribution in [0.25, 0.3) is 10.8 Å². The number of pyridine rings is 1. The van der Waals surface area contributed by atoms with Crippen molar-refractivity contribution in [3.05, 3.63) is 66.5 Å². The number of aromatic nitrogens is 3. The number of rotatable bonds is 6. The molecule has 2 heterocycles. The maximum absolute atomic E-state index is 14.6. The lowest BCUT2D eigenvalue weighted by Gasteiger charge is -2.22. The second-order valence-corrected chi connectivity index (χ2v) is 8.80. The first kappa shape index (κ1) is 23.4. The highest BCUT2D eigenvalue weighted by molar-refractivity contribution is 9.10. The predicted molar refractivity (Wildman–Crippen MR) is 116 cm³/mol. The van der Waals surface area contributed by atoms with Crippen LogP contribution in [0.5, 0.6) is 0 Å². The molecule has 1 aromatic carbocycles. The van der Waals surface area contributed by atoms with Crippen LogP contribution in [0.3, 0.4) is 0 Å². The molecule has 33 heavy (non-hydrogen) atoms. The molecule has 0 spiro atoms. The van der Waals surface area contributed by atoms with E-state index in [4.69, 9.17) is 0 Å². The van der Waals surface area contributed by atoms with Crippen molar-refractivity contribution in [2.75, 3.05) is 5.32 Å². The highest BCUT2D eigenvalue weighted by atomic mass is 79.9. The molecule has 4 rings (SSSR count). The fourth-order valence-corrected chi connectivity index (χ4v) is 4.44. The first-order valence-corrected chi connectivity index (χ1v) is 10.7. The lowest BCUT2D eigenvalue weighted by Crippen LogP contribution is -2.37. The molecule has 176 valence electrons. The Morgan fingerprint density at radius 3 is 2.33 bits per heavy atom. The van der Waals surface area contributed by atoms with E-state index in [9.17, 15) is 31.5 Å². The second-order valence-electron chi connectivity index (χ2n) is 8.01. The molecule has 1 N–H and O–H groups in total. The van der Waals surface area contributed by atoms with Gasteiger partial charge in [-0.15, -0.1) is 0 Å². The fraction of sp³-hybridized carbons (Fsp3) is 0.381. The molecule has 0 aliphatic heterocycles. The van der Waals surface area contributed by atoms with Gasteiger partial charge < -0.3 is 9.88 Å². The summed E-state index contributed by atoms with van der Waals surface area (Å²) in [4.78, 5) is 25.5. The average molecular weight is 533 g/mol. The topological polar surface area (TPSA) is 68.9 Å². The zero-order valence-electron chi connectivity index (χ0n) is 17.4. The molecular weight excluding hydrogens is 515 g/mol. The van der Waals surface area contributed by atoms with E-state index in [0.717, 1.165) is 21.5 Å². The van der Waals surface area contributed by atoms with Gasteiger partial charge in [0.15, 0.2) is 5.82 Å². The number of aryl methyl sites for hydroxylation is 1. The molecule has 2 aromatic heterocycles. The van der Waals surface area contributed by atoms with Crippen LogP contribution in [0.2, 0.25) is 0 Å². The van der Waals surface area contributed by atoms with E-state index < -0.39 is 46.9 Å². The van der Waals surface area contributed by atoms with Gasteiger partial charge in [-0.3, -0.25) is 9.59 Å². The zero-order valence-corrected chi connectivity index (χ0v) is 19.0. The molecule has 0 radical (unpaired) electrons. The molecule has 0 bridgehead atoms. The number of hydrogen-bond donors (Lipinski definition) is 1. The Hall–Kier alpha value is -2.76. The summed E-state index contributed by atoms with van der Waals surface area (Å²) in [6.45, 7) is 1.50. The van der Waals surface area contributed by atoms with Gasteiger partial charge in [-0.1, -0.05) is 18.2 Å². The fourth-order valence-electron chi connectivity index (χ4n) is 3.87. The van der Waals surface area contributed by atoms with Gasteiger partial charge in [0.25, 0.3) is 24.0 Å². The number of nitrogens with zero attached hydrogens (tertiary/aromatic N) is 3. The minimum atomic E-state index is -3.01. The summed E-state index contributed by atoms with van der Waals surface area (Å²) < 4.78 is 69.9. The molecule has 1 fully saturated rings. The van der Waals surface area contributed by atoms with Crippen LogP contribution in [-0.2, 0) is 12.6 Å². The van der Waals surface area contributed by atoms with Crippen molar-refractivity contribution in [2.45, 2.75) is 44.2 Å². The molecule has 1 atom stereocenters. The summed E-state index contributed by atoms with van der Waals surface area (Å²) in [6.07, 6.45) is -4.49. The molecule has 0 saturated heterocycles. The number of nitrogens with one attached hydrogen (secondary N) is 1. The Bertz CT molecular complexity index is 1370. The predicted octanol–water partition coefficient (Wildman–Crippen LogP) is 4.86. The summed E-state index contributed by atoms with van der Waals surface area (Å²) in [5.41, 5.74) is -3.93. The van der Waals surface area contributed by atoms with Crippen molar-refractivity contribution in [3.8, 4) is 0 Å².